The number of ether oxygens (including phenoxy) is 1. The molecule has 1 amide bonds. The van der Waals surface area contributed by atoms with Crippen LogP contribution in [-0.2, 0) is 11.2 Å². The van der Waals surface area contributed by atoms with E-state index in [1.165, 1.54) is 5.56 Å². The number of carbonyl (C=O) groups is 1. The molecule has 0 atom stereocenters. The van der Waals surface area contributed by atoms with E-state index in [-0.39, 0.29) is 12.5 Å². The molecule has 3 rings (SSSR count). The van der Waals surface area contributed by atoms with Crippen molar-refractivity contribution in [1.82, 2.24) is 0 Å². The summed E-state index contributed by atoms with van der Waals surface area (Å²) in [6.07, 6.45) is 0.855. The second-order valence-electron chi connectivity index (χ2n) is 6.42. The van der Waals surface area contributed by atoms with Crippen LogP contribution in [0.3, 0.4) is 0 Å². The fourth-order valence-electron chi connectivity index (χ4n) is 2.75. The molecule has 4 nitrogen and oxygen atoms in total. The summed E-state index contributed by atoms with van der Waals surface area (Å²) in [7, 11) is 0. The smallest absolute Gasteiger partial charge is 0.243 e. The molecule has 0 bridgehead atoms. The van der Waals surface area contributed by atoms with Crippen molar-refractivity contribution in [2.75, 3.05) is 23.8 Å². The number of carbonyl (C=O) groups excluding carboxylic acids is 1. The van der Waals surface area contributed by atoms with Gasteiger partial charge in [0.05, 0.1) is 13.2 Å². The molecule has 0 aliphatic carbocycles. The van der Waals surface area contributed by atoms with Crippen LogP contribution in [0.5, 0.6) is 5.75 Å². The number of benzene rings is 3. The van der Waals surface area contributed by atoms with Gasteiger partial charge in [0.25, 0.3) is 0 Å². The molecule has 144 valence electrons. The Labute approximate surface area is 170 Å². The molecular formula is C23H23ClN2O2. The zero-order chi connectivity index (χ0) is 19.8. The Morgan fingerprint density at radius 1 is 0.964 bits per heavy atom. The van der Waals surface area contributed by atoms with E-state index in [2.05, 4.69) is 22.8 Å². The lowest BCUT2D eigenvalue weighted by atomic mass is 10.2. The van der Waals surface area contributed by atoms with E-state index in [1.54, 1.807) is 0 Å². The Morgan fingerprint density at radius 2 is 1.71 bits per heavy atom. The van der Waals surface area contributed by atoms with Crippen LogP contribution < -0.4 is 15.4 Å². The van der Waals surface area contributed by atoms with Gasteiger partial charge in [-0.05, 0) is 54.4 Å². The SMILES string of the molecule is Cc1c(Cl)cccc1NCC(=O)Nc1ccc(OCCc2ccccc2)cc1. The maximum Gasteiger partial charge on any atom is 0.243 e. The number of halogens is 1. The summed E-state index contributed by atoms with van der Waals surface area (Å²) in [5, 5.41) is 6.65. The first-order chi connectivity index (χ1) is 13.6. The van der Waals surface area contributed by atoms with Gasteiger partial charge in [0.2, 0.25) is 5.91 Å². The van der Waals surface area contributed by atoms with Crippen LogP contribution in [0.4, 0.5) is 11.4 Å². The summed E-state index contributed by atoms with van der Waals surface area (Å²) in [5.41, 5.74) is 3.75. The Bertz CT molecular complexity index is 912. The van der Waals surface area contributed by atoms with E-state index >= 15 is 0 Å². The average molecular weight is 395 g/mol. The van der Waals surface area contributed by atoms with E-state index < -0.39 is 0 Å². The summed E-state index contributed by atoms with van der Waals surface area (Å²) in [4.78, 5) is 12.2. The number of rotatable bonds is 8. The van der Waals surface area contributed by atoms with E-state index in [4.69, 9.17) is 16.3 Å². The van der Waals surface area contributed by atoms with Gasteiger partial charge in [-0.2, -0.15) is 0 Å². The highest BCUT2D eigenvalue weighted by atomic mass is 35.5. The van der Waals surface area contributed by atoms with Crippen molar-refractivity contribution in [1.29, 1.82) is 0 Å². The third-order valence-electron chi connectivity index (χ3n) is 4.35. The van der Waals surface area contributed by atoms with Crippen molar-refractivity contribution < 1.29 is 9.53 Å². The first-order valence-corrected chi connectivity index (χ1v) is 9.55. The largest absolute Gasteiger partial charge is 0.493 e. The van der Waals surface area contributed by atoms with Gasteiger partial charge in [-0.15, -0.1) is 0 Å². The van der Waals surface area contributed by atoms with Crippen LogP contribution in [-0.4, -0.2) is 19.1 Å². The number of nitrogens with one attached hydrogen (secondary N) is 2. The van der Waals surface area contributed by atoms with Gasteiger partial charge < -0.3 is 15.4 Å². The Kier molecular flexibility index (Phi) is 6.93. The second-order valence-corrected chi connectivity index (χ2v) is 6.83. The van der Waals surface area contributed by atoms with Crippen molar-refractivity contribution in [2.24, 2.45) is 0 Å². The van der Waals surface area contributed by atoms with Crippen molar-refractivity contribution >= 4 is 28.9 Å². The molecule has 3 aromatic carbocycles. The third kappa shape index (κ3) is 5.76. The second kappa shape index (κ2) is 9.81. The zero-order valence-electron chi connectivity index (χ0n) is 15.7. The molecule has 0 aromatic heterocycles. The quantitative estimate of drug-likeness (QED) is 0.543. The first kappa shape index (κ1) is 19.8. The molecule has 28 heavy (non-hydrogen) atoms. The Hall–Kier alpha value is -2.98. The highest BCUT2D eigenvalue weighted by Gasteiger charge is 2.06. The Balaban J connectivity index is 1.44. The molecule has 0 fully saturated rings. The minimum atomic E-state index is -0.128. The van der Waals surface area contributed by atoms with E-state index in [0.29, 0.717) is 11.6 Å². The summed E-state index contributed by atoms with van der Waals surface area (Å²) in [6.45, 7) is 2.69. The van der Waals surface area contributed by atoms with Gasteiger partial charge in [-0.25, -0.2) is 0 Å². The van der Waals surface area contributed by atoms with E-state index in [1.807, 2.05) is 67.6 Å². The summed E-state index contributed by atoms with van der Waals surface area (Å²) >= 11 is 6.09. The van der Waals surface area contributed by atoms with Crippen molar-refractivity contribution in [3.05, 3.63) is 88.9 Å². The summed E-state index contributed by atoms with van der Waals surface area (Å²) in [5.74, 6) is 0.652. The van der Waals surface area contributed by atoms with Crippen LogP contribution in [0.15, 0.2) is 72.8 Å². The standard InChI is InChI=1S/C23H23ClN2O2/c1-17-21(24)8-5-9-22(17)25-16-23(27)26-19-10-12-20(13-11-19)28-15-14-18-6-3-2-4-7-18/h2-13,25H,14-16H2,1H3,(H,26,27). The average Bonchev–Trinajstić information content (AvgIpc) is 2.71. The molecule has 0 heterocycles. The van der Waals surface area contributed by atoms with Gasteiger partial charge in [0.1, 0.15) is 5.75 Å². The van der Waals surface area contributed by atoms with Crippen molar-refractivity contribution in [3.8, 4) is 5.75 Å². The lowest BCUT2D eigenvalue weighted by Crippen LogP contribution is -2.22. The molecule has 0 saturated carbocycles. The molecule has 0 radical (unpaired) electrons. The van der Waals surface area contributed by atoms with Gasteiger partial charge >= 0.3 is 0 Å². The van der Waals surface area contributed by atoms with Crippen LogP contribution in [0, 0.1) is 6.92 Å². The molecule has 0 aliphatic rings. The maximum atomic E-state index is 12.2. The van der Waals surface area contributed by atoms with Crippen molar-refractivity contribution in [3.63, 3.8) is 0 Å². The molecule has 0 saturated heterocycles. The van der Waals surface area contributed by atoms with Gasteiger partial charge in [-0.1, -0.05) is 48.0 Å². The third-order valence-corrected chi connectivity index (χ3v) is 4.76. The molecule has 0 aliphatic heterocycles. The number of hydrogen-bond acceptors (Lipinski definition) is 3. The lowest BCUT2D eigenvalue weighted by molar-refractivity contribution is -0.114. The summed E-state index contributed by atoms with van der Waals surface area (Å²) in [6, 6.07) is 23.2. The van der Waals surface area contributed by atoms with Crippen LogP contribution in [0.1, 0.15) is 11.1 Å². The minimum absolute atomic E-state index is 0.128. The molecule has 5 heteroatoms. The Morgan fingerprint density at radius 3 is 2.46 bits per heavy atom. The van der Waals surface area contributed by atoms with Gasteiger partial charge in [0.15, 0.2) is 0 Å². The lowest BCUT2D eigenvalue weighted by Gasteiger charge is -2.11. The molecular weight excluding hydrogens is 372 g/mol. The fraction of sp³-hybridized carbons (Fsp3) is 0.174. The molecule has 0 unspecified atom stereocenters. The van der Waals surface area contributed by atoms with Crippen LogP contribution in [0.2, 0.25) is 5.02 Å². The minimum Gasteiger partial charge on any atom is -0.493 e. The van der Waals surface area contributed by atoms with Crippen LogP contribution >= 0.6 is 11.6 Å². The monoisotopic (exact) mass is 394 g/mol. The zero-order valence-corrected chi connectivity index (χ0v) is 16.5. The van der Waals surface area contributed by atoms with E-state index in [9.17, 15) is 4.79 Å². The van der Waals surface area contributed by atoms with Crippen molar-refractivity contribution in [2.45, 2.75) is 13.3 Å². The highest BCUT2D eigenvalue weighted by Crippen LogP contribution is 2.22. The van der Waals surface area contributed by atoms with Crippen LogP contribution in [0.25, 0.3) is 0 Å². The van der Waals surface area contributed by atoms with Gasteiger partial charge in [-0.3, -0.25) is 4.79 Å². The van der Waals surface area contributed by atoms with Gasteiger partial charge in [0, 0.05) is 22.8 Å². The maximum absolute atomic E-state index is 12.2. The predicted octanol–water partition coefficient (Wildman–Crippen LogP) is 5.32. The molecule has 0 spiro atoms. The topological polar surface area (TPSA) is 50.4 Å². The molecule has 3 aromatic rings. The molecule has 2 N–H and O–H groups in total. The number of anilines is 2. The highest BCUT2D eigenvalue weighted by molar-refractivity contribution is 6.31. The van der Waals surface area contributed by atoms with E-state index in [0.717, 1.165) is 29.1 Å². The summed E-state index contributed by atoms with van der Waals surface area (Å²) < 4.78 is 5.76. The fourth-order valence-corrected chi connectivity index (χ4v) is 2.92. The predicted molar refractivity (Wildman–Crippen MR) is 115 cm³/mol. The number of amides is 1. The normalized spacial score (nSPS) is 10.4. The number of hydrogen-bond donors (Lipinski definition) is 2. The first-order valence-electron chi connectivity index (χ1n) is 9.17.